The highest BCUT2D eigenvalue weighted by atomic mass is 15.2. The molecule has 0 aromatic heterocycles. The largest absolute Gasteiger partial charge is 0.312 e. The topological polar surface area (TPSA) is 15.3 Å². The van der Waals surface area contributed by atoms with Crippen LogP contribution in [0.5, 0.6) is 0 Å². The van der Waals surface area contributed by atoms with Crippen molar-refractivity contribution in [2.24, 2.45) is 0 Å². The van der Waals surface area contributed by atoms with E-state index in [0.29, 0.717) is 6.04 Å². The predicted molar refractivity (Wildman–Crippen MR) is 89.5 cm³/mol. The van der Waals surface area contributed by atoms with Gasteiger partial charge < -0.3 is 5.32 Å². The van der Waals surface area contributed by atoms with Gasteiger partial charge >= 0.3 is 0 Å². The van der Waals surface area contributed by atoms with Gasteiger partial charge in [0.2, 0.25) is 0 Å². The van der Waals surface area contributed by atoms with Crippen molar-refractivity contribution >= 4 is 0 Å². The summed E-state index contributed by atoms with van der Waals surface area (Å²) in [5, 5.41) is 3.90. The molecule has 1 aromatic carbocycles. The Morgan fingerprint density at radius 3 is 2.24 bits per heavy atom. The first kappa shape index (κ1) is 15.1. The van der Waals surface area contributed by atoms with E-state index in [4.69, 9.17) is 0 Å². The van der Waals surface area contributed by atoms with Crippen molar-refractivity contribution in [3.05, 3.63) is 35.9 Å². The summed E-state index contributed by atoms with van der Waals surface area (Å²) in [5.41, 5.74) is 1.49. The second kappa shape index (κ2) is 7.95. The molecule has 3 rings (SSSR count). The van der Waals surface area contributed by atoms with E-state index in [1.54, 1.807) is 0 Å². The quantitative estimate of drug-likeness (QED) is 0.819. The van der Waals surface area contributed by atoms with Crippen LogP contribution in [0.3, 0.4) is 0 Å². The van der Waals surface area contributed by atoms with E-state index in [2.05, 4.69) is 40.5 Å². The summed E-state index contributed by atoms with van der Waals surface area (Å²) in [6.45, 7) is 3.66. The summed E-state index contributed by atoms with van der Waals surface area (Å²) in [6, 6.07) is 12.4. The van der Waals surface area contributed by atoms with E-state index in [-0.39, 0.29) is 0 Å². The molecule has 2 nitrogen and oxygen atoms in total. The number of benzene rings is 1. The van der Waals surface area contributed by atoms with Gasteiger partial charge in [0.05, 0.1) is 0 Å². The van der Waals surface area contributed by atoms with Gasteiger partial charge in [0.25, 0.3) is 0 Å². The van der Waals surface area contributed by atoms with Crippen LogP contribution < -0.4 is 5.32 Å². The minimum atomic E-state index is 0.567. The van der Waals surface area contributed by atoms with Crippen molar-refractivity contribution in [3.8, 4) is 0 Å². The van der Waals surface area contributed by atoms with Crippen molar-refractivity contribution < 1.29 is 0 Å². The minimum absolute atomic E-state index is 0.567. The number of hydrogen-bond acceptors (Lipinski definition) is 2. The van der Waals surface area contributed by atoms with Crippen LogP contribution in [-0.2, 0) is 0 Å². The fourth-order valence-corrected chi connectivity index (χ4v) is 3.95. The second-order valence-electron chi connectivity index (χ2n) is 6.77. The molecular formula is C19H30N2. The van der Waals surface area contributed by atoms with Crippen molar-refractivity contribution in [1.82, 2.24) is 10.2 Å². The van der Waals surface area contributed by atoms with Gasteiger partial charge in [-0.15, -0.1) is 0 Å². The molecule has 0 bridgehead atoms. The average molecular weight is 286 g/mol. The third-order valence-electron chi connectivity index (χ3n) is 5.22. The van der Waals surface area contributed by atoms with Crippen LogP contribution in [0.4, 0.5) is 0 Å². The average Bonchev–Trinajstić information content (AvgIpc) is 2.92. The van der Waals surface area contributed by atoms with Gasteiger partial charge in [0, 0.05) is 18.6 Å². The lowest BCUT2D eigenvalue weighted by atomic mass is 10.0. The third kappa shape index (κ3) is 4.31. The van der Waals surface area contributed by atoms with Crippen LogP contribution in [0.15, 0.2) is 30.3 Å². The van der Waals surface area contributed by atoms with Crippen LogP contribution in [0.25, 0.3) is 0 Å². The molecule has 2 heteroatoms. The van der Waals surface area contributed by atoms with Gasteiger partial charge in [-0.05, 0) is 44.3 Å². The maximum absolute atomic E-state index is 3.90. The molecule has 1 saturated heterocycles. The molecule has 1 saturated carbocycles. The second-order valence-corrected chi connectivity index (χ2v) is 6.77. The summed E-state index contributed by atoms with van der Waals surface area (Å²) in [7, 11) is 0. The molecule has 21 heavy (non-hydrogen) atoms. The van der Waals surface area contributed by atoms with Gasteiger partial charge in [-0.25, -0.2) is 0 Å². The highest BCUT2D eigenvalue weighted by Gasteiger charge is 2.24. The number of likely N-dealkylation sites (tertiary alicyclic amines) is 1. The van der Waals surface area contributed by atoms with Crippen molar-refractivity contribution in [3.63, 3.8) is 0 Å². The summed E-state index contributed by atoms with van der Waals surface area (Å²) in [5.74, 6) is 0. The Morgan fingerprint density at radius 1 is 0.905 bits per heavy atom. The fraction of sp³-hybridized carbons (Fsp3) is 0.684. The van der Waals surface area contributed by atoms with E-state index >= 15 is 0 Å². The Morgan fingerprint density at radius 2 is 1.57 bits per heavy atom. The minimum Gasteiger partial charge on any atom is -0.312 e. The van der Waals surface area contributed by atoms with E-state index < -0.39 is 0 Å². The van der Waals surface area contributed by atoms with Gasteiger partial charge in [-0.3, -0.25) is 4.90 Å². The predicted octanol–water partition coefficient (Wildman–Crippen LogP) is 4.14. The number of nitrogens with one attached hydrogen (secondary N) is 1. The molecule has 1 N–H and O–H groups in total. The van der Waals surface area contributed by atoms with Crippen molar-refractivity contribution in [2.45, 2.75) is 63.5 Å². The number of hydrogen-bond donors (Lipinski definition) is 1. The number of rotatable bonds is 5. The molecule has 2 fully saturated rings. The monoisotopic (exact) mass is 286 g/mol. The van der Waals surface area contributed by atoms with Crippen LogP contribution in [0.1, 0.15) is 63.0 Å². The molecule has 1 heterocycles. The molecular weight excluding hydrogens is 256 g/mol. The van der Waals surface area contributed by atoms with Crippen LogP contribution in [0.2, 0.25) is 0 Å². The smallest absolute Gasteiger partial charge is 0.0472 e. The summed E-state index contributed by atoms with van der Waals surface area (Å²) in [6.07, 6.45) is 11.2. The lowest BCUT2D eigenvalue weighted by Gasteiger charge is -2.30. The molecule has 2 aliphatic rings. The first-order chi connectivity index (χ1) is 10.4. The lowest BCUT2D eigenvalue weighted by molar-refractivity contribution is 0.230. The molecule has 0 spiro atoms. The highest BCUT2D eigenvalue weighted by Crippen LogP contribution is 2.25. The zero-order valence-electron chi connectivity index (χ0n) is 13.3. The summed E-state index contributed by atoms with van der Waals surface area (Å²) < 4.78 is 0. The standard InChI is InChI=1S/C19H30N2/c1-2-7-13-18(12-6-1)20-16-19(21-14-8-9-15-21)17-10-4-3-5-11-17/h3-5,10-11,18-20H,1-2,6-9,12-16H2. The van der Waals surface area contributed by atoms with Crippen molar-refractivity contribution in [1.29, 1.82) is 0 Å². The van der Waals surface area contributed by atoms with Crippen molar-refractivity contribution in [2.75, 3.05) is 19.6 Å². The Hall–Kier alpha value is -0.860. The van der Waals surface area contributed by atoms with E-state index in [0.717, 1.165) is 12.6 Å². The summed E-state index contributed by atoms with van der Waals surface area (Å²) in [4.78, 5) is 2.68. The third-order valence-corrected chi connectivity index (χ3v) is 5.22. The highest BCUT2D eigenvalue weighted by molar-refractivity contribution is 5.19. The Kier molecular flexibility index (Phi) is 5.70. The van der Waals surface area contributed by atoms with Crippen LogP contribution in [0, 0.1) is 0 Å². The normalized spacial score (nSPS) is 23.0. The molecule has 1 aliphatic heterocycles. The maximum Gasteiger partial charge on any atom is 0.0472 e. The zero-order valence-corrected chi connectivity index (χ0v) is 13.3. The molecule has 1 aromatic rings. The van der Waals surface area contributed by atoms with Gasteiger partial charge in [-0.2, -0.15) is 0 Å². The Labute approximate surface area is 129 Å². The Balaban J connectivity index is 1.61. The van der Waals surface area contributed by atoms with E-state index in [1.807, 2.05) is 0 Å². The first-order valence-electron chi connectivity index (χ1n) is 8.96. The molecule has 1 atom stereocenters. The lowest BCUT2D eigenvalue weighted by Crippen LogP contribution is -2.38. The zero-order chi connectivity index (χ0) is 14.3. The fourth-order valence-electron chi connectivity index (χ4n) is 3.95. The molecule has 1 unspecified atom stereocenters. The summed E-state index contributed by atoms with van der Waals surface area (Å²) >= 11 is 0. The van der Waals surface area contributed by atoms with Gasteiger partial charge in [0.15, 0.2) is 0 Å². The van der Waals surface area contributed by atoms with E-state index in [1.165, 1.54) is 70.0 Å². The van der Waals surface area contributed by atoms with Crippen LogP contribution >= 0.6 is 0 Å². The molecule has 0 radical (unpaired) electrons. The molecule has 0 amide bonds. The SMILES string of the molecule is c1ccc(C(CNC2CCCCCC2)N2CCCC2)cc1. The van der Waals surface area contributed by atoms with Gasteiger partial charge in [-0.1, -0.05) is 56.0 Å². The Bertz CT molecular complexity index is 389. The van der Waals surface area contributed by atoms with Crippen LogP contribution in [-0.4, -0.2) is 30.6 Å². The molecule has 1 aliphatic carbocycles. The maximum atomic E-state index is 3.90. The first-order valence-corrected chi connectivity index (χ1v) is 8.96. The van der Waals surface area contributed by atoms with E-state index in [9.17, 15) is 0 Å². The molecule has 116 valence electrons. The number of nitrogens with zero attached hydrogens (tertiary/aromatic N) is 1. The van der Waals surface area contributed by atoms with Gasteiger partial charge in [0.1, 0.15) is 0 Å².